The number of nitrogens with zero attached hydrogens (tertiary/aromatic N) is 1. The molecule has 0 saturated carbocycles. The largest absolute Gasteiger partial charge is 0.394 e. The van der Waals surface area contributed by atoms with Gasteiger partial charge in [0, 0.05) is 26.2 Å². The standard InChI is InChI=1S/C17H30N2O2/c1-4-16(5-2)19(11-12-21-3)13-17(18,14-20)15-9-7-6-8-10-15/h6-10,16,20H,4-5,11-14,18H2,1-3H3. The number of hydrogen-bond donors (Lipinski definition) is 2. The van der Waals surface area contributed by atoms with Crippen LogP contribution in [0.3, 0.4) is 0 Å². The molecular weight excluding hydrogens is 264 g/mol. The zero-order valence-corrected chi connectivity index (χ0v) is 13.6. The topological polar surface area (TPSA) is 58.7 Å². The number of aliphatic hydroxyl groups excluding tert-OH is 1. The lowest BCUT2D eigenvalue weighted by molar-refractivity contribution is 0.0739. The monoisotopic (exact) mass is 294 g/mol. The highest BCUT2D eigenvalue weighted by Gasteiger charge is 2.31. The van der Waals surface area contributed by atoms with Gasteiger partial charge in [-0.2, -0.15) is 0 Å². The van der Waals surface area contributed by atoms with Crippen LogP contribution in [0.15, 0.2) is 30.3 Å². The van der Waals surface area contributed by atoms with Crippen LogP contribution in [0.4, 0.5) is 0 Å². The fourth-order valence-electron chi connectivity index (χ4n) is 2.77. The lowest BCUT2D eigenvalue weighted by Crippen LogP contribution is -2.53. The van der Waals surface area contributed by atoms with Gasteiger partial charge in [0.1, 0.15) is 0 Å². The van der Waals surface area contributed by atoms with E-state index in [1.807, 2.05) is 30.3 Å². The maximum absolute atomic E-state index is 9.86. The molecule has 0 radical (unpaired) electrons. The maximum Gasteiger partial charge on any atom is 0.0773 e. The van der Waals surface area contributed by atoms with E-state index in [4.69, 9.17) is 10.5 Å². The third kappa shape index (κ3) is 5.08. The van der Waals surface area contributed by atoms with Crippen molar-refractivity contribution < 1.29 is 9.84 Å². The van der Waals surface area contributed by atoms with Crippen LogP contribution in [0.5, 0.6) is 0 Å². The second-order valence-corrected chi connectivity index (χ2v) is 5.61. The molecule has 1 unspecified atom stereocenters. The van der Waals surface area contributed by atoms with Crippen molar-refractivity contribution in [3.8, 4) is 0 Å². The Bertz CT molecular complexity index is 382. The Kier molecular flexibility index (Phi) is 7.89. The summed E-state index contributed by atoms with van der Waals surface area (Å²) in [6.45, 7) is 6.44. The minimum atomic E-state index is -0.739. The van der Waals surface area contributed by atoms with E-state index in [0.717, 1.165) is 24.9 Å². The Morgan fingerprint density at radius 1 is 1.24 bits per heavy atom. The van der Waals surface area contributed by atoms with E-state index >= 15 is 0 Å². The molecule has 0 fully saturated rings. The molecule has 1 aromatic rings. The van der Waals surface area contributed by atoms with E-state index in [0.29, 0.717) is 19.2 Å². The summed E-state index contributed by atoms with van der Waals surface area (Å²) >= 11 is 0. The molecule has 0 spiro atoms. The number of ether oxygens (including phenoxy) is 1. The Labute approximate surface area is 128 Å². The molecular formula is C17H30N2O2. The molecule has 0 bridgehead atoms. The molecule has 0 aliphatic carbocycles. The van der Waals surface area contributed by atoms with Crippen molar-refractivity contribution in [1.82, 2.24) is 4.90 Å². The Balaban J connectivity index is 2.92. The number of methoxy groups -OCH3 is 1. The van der Waals surface area contributed by atoms with Gasteiger partial charge in [0.25, 0.3) is 0 Å². The Hall–Kier alpha value is -0.940. The summed E-state index contributed by atoms with van der Waals surface area (Å²) in [5, 5.41) is 9.86. The van der Waals surface area contributed by atoms with E-state index in [1.165, 1.54) is 0 Å². The number of rotatable bonds is 10. The fourth-order valence-corrected chi connectivity index (χ4v) is 2.77. The normalized spacial score (nSPS) is 14.6. The average Bonchev–Trinajstić information content (AvgIpc) is 2.54. The predicted molar refractivity (Wildman–Crippen MR) is 87.2 cm³/mol. The smallest absolute Gasteiger partial charge is 0.0773 e. The first kappa shape index (κ1) is 18.1. The van der Waals surface area contributed by atoms with Crippen molar-refractivity contribution in [3.05, 3.63) is 35.9 Å². The third-order valence-corrected chi connectivity index (χ3v) is 4.16. The van der Waals surface area contributed by atoms with Crippen molar-refractivity contribution in [1.29, 1.82) is 0 Å². The molecule has 120 valence electrons. The first-order chi connectivity index (χ1) is 10.1. The molecule has 1 rings (SSSR count). The van der Waals surface area contributed by atoms with Crippen LogP contribution in [0.25, 0.3) is 0 Å². The van der Waals surface area contributed by atoms with Gasteiger partial charge in [-0.05, 0) is 18.4 Å². The van der Waals surface area contributed by atoms with Gasteiger partial charge in [-0.25, -0.2) is 0 Å². The molecule has 0 amide bonds. The van der Waals surface area contributed by atoms with Gasteiger partial charge in [0.15, 0.2) is 0 Å². The molecule has 1 atom stereocenters. The Morgan fingerprint density at radius 2 is 1.86 bits per heavy atom. The second-order valence-electron chi connectivity index (χ2n) is 5.61. The molecule has 0 heterocycles. The van der Waals surface area contributed by atoms with Crippen LogP contribution in [-0.2, 0) is 10.3 Å². The minimum Gasteiger partial charge on any atom is -0.394 e. The van der Waals surface area contributed by atoms with Gasteiger partial charge in [0.2, 0.25) is 0 Å². The van der Waals surface area contributed by atoms with Gasteiger partial charge >= 0.3 is 0 Å². The van der Waals surface area contributed by atoms with Crippen LogP contribution in [0, 0.1) is 0 Å². The highest BCUT2D eigenvalue weighted by molar-refractivity contribution is 5.24. The highest BCUT2D eigenvalue weighted by atomic mass is 16.5. The van der Waals surface area contributed by atoms with Crippen LogP contribution < -0.4 is 5.73 Å². The average molecular weight is 294 g/mol. The zero-order chi connectivity index (χ0) is 15.7. The number of hydrogen-bond acceptors (Lipinski definition) is 4. The van der Waals surface area contributed by atoms with Gasteiger partial charge < -0.3 is 15.6 Å². The van der Waals surface area contributed by atoms with Crippen molar-refractivity contribution >= 4 is 0 Å². The van der Waals surface area contributed by atoms with Crippen LogP contribution in [0.1, 0.15) is 32.3 Å². The predicted octanol–water partition coefficient (Wildman–Crippen LogP) is 1.97. The maximum atomic E-state index is 9.86. The zero-order valence-electron chi connectivity index (χ0n) is 13.6. The number of nitrogens with two attached hydrogens (primary N) is 1. The molecule has 4 heteroatoms. The van der Waals surface area contributed by atoms with Gasteiger partial charge in [0.05, 0.1) is 18.8 Å². The minimum absolute atomic E-state index is 0.0688. The summed E-state index contributed by atoms with van der Waals surface area (Å²) in [4.78, 5) is 2.34. The second kappa shape index (κ2) is 9.15. The number of benzene rings is 1. The molecule has 0 aromatic heterocycles. The van der Waals surface area contributed by atoms with E-state index in [1.54, 1.807) is 7.11 Å². The van der Waals surface area contributed by atoms with Gasteiger partial charge in [-0.15, -0.1) is 0 Å². The molecule has 21 heavy (non-hydrogen) atoms. The van der Waals surface area contributed by atoms with E-state index < -0.39 is 5.54 Å². The van der Waals surface area contributed by atoms with Crippen molar-refractivity contribution in [2.24, 2.45) is 5.73 Å². The van der Waals surface area contributed by atoms with Gasteiger partial charge in [-0.1, -0.05) is 44.2 Å². The van der Waals surface area contributed by atoms with Gasteiger partial charge in [-0.3, -0.25) is 4.90 Å². The van der Waals surface area contributed by atoms with Crippen LogP contribution in [0.2, 0.25) is 0 Å². The Morgan fingerprint density at radius 3 is 2.33 bits per heavy atom. The van der Waals surface area contributed by atoms with Crippen molar-refractivity contribution in [2.75, 3.05) is 33.4 Å². The van der Waals surface area contributed by atoms with Crippen LogP contribution in [-0.4, -0.2) is 49.5 Å². The number of aliphatic hydroxyl groups is 1. The van der Waals surface area contributed by atoms with Crippen LogP contribution >= 0.6 is 0 Å². The SMILES string of the molecule is CCC(CC)N(CCOC)CC(N)(CO)c1ccccc1. The summed E-state index contributed by atoms with van der Waals surface area (Å²) < 4.78 is 5.22. The molecule has 0 saturated heterocycles. The molecule has 4 nitrogen and oxygen atoms in total. The first-order valence-electron chi connectivity index (χ1n) is 7.79. The summed E-state index contributed by atoms with van der Waals surface area (Å²) in [6.07, 6.45) is 2.13. The van der Waals surface area contributed by atoms with Crippen molar-refractivity contribution in [3.63, 3.8) is 0 Å². The molecule has 0 aliphatic heterocycles. The van der Waals surface area contributed by atoms with Crippen molar-refractivity contribution in [2.45, 2.75) is 38.3 Å². The highest BCUT2D eigenvalue weighted by Crippen LogP contribution is 2.21. The fraction of sp³-hybridized carbons (Fsp3) is 0.647. The first-order valence-corrected chi connectivity index (χ1v) is 7.79. The van der Waals surface area contributed by atoms with E-state index in [-0.39, 0.29) is 6.61 Å². The molecule has 3 N–H and O–H groups in total. The summed E-state index contributed by atoms with van der Waals surface area (Å²) in [5.41, 5.74) is 6.74. The summed E-state index contributed by atoms with van der Waals surface area (Å²) in [7, 11) is 1.71. The van der Waals surface area contributed by atoms with E-state index in [9.17, 15) is 5.11 Å². The molecule has 0 aliphatic rings. The third-order valence-electron chi connectivity index (χ3n) is 4.16. The summed E-state index contributed by atoms with van der Waals surface area (Å²) in [6, 6.07) is 10.3. The summed E-state index contributed by atoms with van der Waals surface area (Å²) in [5.74, 6) is 0. The lowest BCUT2D eigenvalue weighted by Gasteiger charge is -2.38. The quantitative estimate of drug-likeness (QED) is 0.693. The lowest BCUT2D eigenvalue weighted by atomic mass is 9.90. The molecule has 1 aromatic carbocycles. The van der Waals surface area contributed by atoms with E-state index in [2.05, 4.69) is 18.7 Å².